The average Bonchev–Trinajstić information content (AvgIpc) is 2.81. The first-order valence-electron chi connectivity index (χ1n) is 5.03. The summed E-state index contributed by atoms with van der Waals surface area (Å²) in [4.78, 5) is 0.905. The fraction of sp³-hybridized carbons (Fsp3) is 0.231. The standard InChI is InChI=1S/C13H12Se/c1-2-4-10(5-3-1)8-13-11-6-7-12(9-11)14-13/h1-8,11-12H,9H2/b13-8-. The summed E-state index contributed by atoms with van der Waals surface area (Å²) < 4.78 is 1.69. The third-order valence-corrected chi connectivity index (χ3v) is 5.63. The Balaban J connectivity index is 1.90. The summed E-state index contributed by atoms with van der Waals surface area (Å²) in [5.74, 6) is 0.778. The molecule has 0 radical (unpaired) electrons. The maximum atomic E-state index is 2.41. The van der Waals surface area contributed by atoms with Crippen molar-refractivity contribution in [3.05, 3.63) is 52.5 Å². The zero-order valence-electron chi connectivity index (χ0n) is 7.89. The molecule has 14 heavy (non-hydrogen) atoms. The van der Waals surface area contributed by atoms with Crippen LogP contribution in [0.2, 0.25) is 4.82 Å². The topological polar surface area (TPSA) is 0 Å². The zero-order chi connectivity index (χ0) is 9.38. The summed E-state index contributed by atoms with van der Waals surface area (Å²) in [5, 5.41) is 0. The minimum atomic E-state index is 0.731. The summed E-state index contributed by atoms with van der Waals surface area (Å²) >= 11 is 0.731. The van der Waals surface area contributed by atoms with Gasteiger partial charge in [-0.15, -0.1) is 0 Å². The van der Waals surface area contributed by atoms with Gasteiger partial charge in [-0.3, -0.25) is 0 Å². The molecule has 70 valence electrons. The van der Waals surface area contributed by atoms with Crippen molar-refractivity contribution in [2.45, 2.75) is 11.2 Å². The van der Waals surface area contributed by atoms with Crippen molar-refractivity contribution in [1.29, 1.82) is 0 Å². The van der Waals surface area contributed by atoms with Crippen molar-refractivity contribution < 1.29 is 0 Å². The van der Waals surface area contributed by atoms with Gasteiger partial charge < -0.3 is 0 Å². The van der Waals surface area contributed by atoms with Crippen LogP contribution in [0.4, 0.5) is 0 Å². The molecule has 3 rings (SSSR count). The maximum absolute atomic E-state index is 2.41. The van der Waals surface area contributed by atoms with Gasteiger partial charge in [0.15, 0.2) is 0 Å². The Morgan fingerprint density at radius 2 is 2.00 bits per heavy atom. The molecule has 1 heteroatoms. The predicted molar refractivity (Wildman–Crippen MR) is 61.2 cm³/mol. The molecule has 0 amide bonds. The average molecular weight is 247 g/mol. The van der Waals surface area contributed by atoms with Gasteiger partial charge in [0.05, 0.1) is 0 Å². The van der Waals surface area contributed by atoms with Crippen LogP contribution in [0.1, 0.15) is 12.0 Å². The molecule has 1 aliphatic heterocycles. The van der Waals surface area contributed by atoms with Gasteiger partial charge in [0.1, 0.15) is 0 Å². The normalized spacial score (nSPS) is 31.6. The quantitative estimate of drug-likeness (QED) is 0.528. The summed E-state index contributed by atoms with van der Waals surface area (Å²) in [6.07, 6.45) is 8.59. The first kappa shape index (κ1) is 8.52. The molecule has 1 fully saturated rings. The molecule has 0 saturated carbocycles. The van der Waals surface area contributed by atoms with Gasteiger partial charge in [-0.25, -0.2) is 0 Å². The van der Waals surface area contributed by atoms with E-state index in [9.17, 15) is 0 Å². The van der Waals surface area contributed by atoms with Gasteiger partial charge in [0.25, 0.3) is 0 Å². The predicted octanol–water partition coefficient (Wildman–Crippen LogP) is 3.11. The van der Waals surface area contributed by atoms with Crippen LogP contribution in [0.15, 0.2) is 47.0 Å². The number of allylic oxidation sites excluding steroid dienone is 3. The molecule has 1 heterocycles. The van der Waals surface area contributed by atoms with E-state index in [2.05, 4.69) is 48.6 Å². The molecule has 1 saturated heterocycles. The molecular formula is C13H12Se. The van der Waals surface area contributed by atoms with Crippen molar-refractivity contribution in [1.82, 2.24) is 0 Å². The molecule has 0 nitrogen and oxygen atoms in total. The molecule has 2 aliphatic rings. The van der Waals surface area contributed by atoms with E-state index in [1.165, 1.54) is 12.0 Å². The van der Waals surface area contributed by atoms with Crippen molar-refractivity contribution in [2.24, 2.45) is 5.92 Å². The van der Waals surface area contributed by atoms with Crippen LogP contribution in [0.5, 0.6) is 0 Å². The fourth-order valence-electron chi connectivity index (χ4n) is 2.08. The van der Waals surface area contributed by atoms with E-state index in [0.717, 1.165) is 25.7 Å². The SMILES string of the molecule is C1=CC2CC1[Se]/C2=C\c1ccccc1. The molecule has 1 aromatic rings. The Kier molecular flexibility index (Phi) is 2.08. The first-order chi connectivity index (χ1) is 6.92. The van der Waals surface area contributed by atoms with E-state index in [1.54, 1.807) is 4.47 Å². The second-order valence-electron chi connectivity index (χ2n) is 3.84. The van der Waals surface area contributed by atoms with Crippen LogP contribution in [-0.2, 0) is 0 Å². The van der Waals surface area contributed by atoms with Crippen LogP contribution >= 0.6 is 0 Å². The van der Waals surface area contributed by atoms with Crippen molar-refractivity contribution in [2.75, 3.05) is 0 Å². The fourth-order valence-corrected chi connectivity index (χ4v) is 4.97. The van der Waals surface area contributed by atoms with Crippen molar-refractivity contribution in [3.8, 4) is 0 Å². The van der Waals surface area contributed by atoms with Crippen LogP contribution in [0, 0.1) is 5.92 Å². The van der Waals surface area contributed by atoms with Gasteiger partial charge in [-0.2, -0.15) is 0 Å². The Labute approximate surface area is 90.9 Å². The van der Waals surface area contributed by atoms with E-state index in [4.69, 9.17) is 0 Å². The Morgan fingerprint density at radius 3 is 2.64 bits per heavy atom. The van der Waals surface area contributed by atoms with Gasteiger partial charge in [-0.05, 0) is 0 Å². The summed E-state index contributed by atoms with van der Waals surface area (Å²) in [6, 6.07) is 10.7. The third kappa shape index (κ3) is 1.47. The number of hydrogen-bond donors (Lipinski definition) is 0. The first-order valence-corrected chi connectivity index (χ1v) is 6.88. The molecule has 1 aliphatic carbocycles. The molecule has 2 bridgehead atoms. The summed E-state index contributed by atoms with van der Waals surface area (Å²) in [5.41, 5.74) is 1.37. The van der Waals surface area contributed by atoms with Crippen molar-refractivity contribution >= 4 is 21.0 Å². The Morgan fingerprint density at radius 1 is 1.14 bits per heavy atom. The molecule has 0 spiro atoms. The zero-order valence-corrected chi connectivity index (χ0v) is 9.60. The van der Waals surface area contributed by atoms with E-state index < -0.39 is 0 Å². The van der Waals surface area contributed by atoms with Gasteiger partial charge in [0, 0.05) is 0 Å². The van der Waals surface area contributed by atoms with Crippen LogP contribution in [-0.4, -0.2) is 15.0 Å². The second-order valence-corrected chi connectivity index (χ2v) is 6.59. The molecule has 0 aromatic heterocycles. The van der Waals surface area contributed by atoms with Crippen molar-refractivity contribution in [3.63, 3.8) is 0 Å². The molecule has 2 atom stereocenters. The number of rotatable bonds is 1. The van der Waals surface area contributed by atoms with Gasteiger partial charge >= 0.3 is 90.7 Å². The van der Waals surface area contributed by atoms with Gasteiger partial charge in [0.2, 0.25) is 0 Å². The van der Waals surface area contributed by atoms with Crippen LogP contribution in [0.3, 0.4) is 0 Å². The second kappa shape index (κ2) is 3.42. The number of hydrogen-bond acceptors (Lipinski definition) is 0. The van der Waals surface area contributed by atoms with Crippen LogP contribution < -0.4 is 0 Å². The molecule has 1 aromatic carbocycles. The summed E-state index contributed by atoms with van der Waals surface area (Å²) in [7, 11) is 0. The Bertz CT molecular complexity index is 389. The number of fused-ring (bicyclic) bond motifs is 2. The molecule has 0 N–H and O–H groups in total. The molecule has 2 unspecified atom stereocenters. The monoisotopic (exact) mass is 248 g/mol. The summed E-state index contributed by atoms with van der Waals surface area (Å²) in [6.45, 7) is 0. The van der Waals surface area contributed by atoms with Gasteiger partial charge in [-0.1, -0.05) is 0 Å². The van der Waals surface area contributed by atoms with E-state index >= 15 is 0 Å². The Hall–Kier alpha value is -0.781. The van der Waals surface area contributed by atoms with Crippen LogP contribution in [0.25, 0.3) is 6.08 Å². The van der Waals surface area contributed by atoms with E-state index in [-0.39, 0.29) is 0 Å². The minimum absolute atomic E-state index is 0.731. The van der Waals surface area contributed by atoms with E-state index in [0.29, 0.717) is 0 Å². The molecular weight excluding hydrogens is 235 g/mol. The third-order valence-electron chi connectivity index (χ3n) is 2.81. The van der Waals surface area contributed by atoms with E-state index in [1.807, 2.05) is 0 Å². The number of benzene rings is 1.